The van der Waals surface area contributed by atoms with E-state index < -0.39 is 5.54 Å². The molecule has 0 amide bonds. The van der Waals surface area contributed by atoms with Crippen LogP contribution in [0.2, 0.25) is 5.28 Å². The van der Waals surface area contributed by atoms with Crippen molar-refractivity contribution in [2.24, 2.45) is 0 Å². The summed E-state index contributed by atoms with van der Waals surface area (Å²) >= 11 is 11.2. The van der Waals surface area contributed by atoms with Crippen LogP contribution in [0, 0.1) is 16.1 Å². The molecule has 0 aliphatic carbocycles. The standard InChI is InChI=1S/C12H12ClN5OS/c13-10-15-6-8-9(17-10)18(11(20)16-8)12(7-14)2-1-4-19-5-3-12/h6H,1-5H2,(H,16,20). The summed E-state index contributed by atoms with van der Waals surface area (Å²) in [4.78, 5) is 11.2. The number of halogens is 1. The van der Waals surface area contributed by atoms with Crippen LogP contribution < -0.4 is 0 Å². The largest absolute Gasteiger partial charge is 0.381 e. The predicted octanol–water partition coefficient (Wildman–Crippen LogP) is 2.56. The minimum atomic E-state index is -0.747. The smallest absolute Gasteiger partial charge is 0.224 e. The average Bonchev–Trinajstić information content (AvgIpc) is 2.63. The molecule has 1 fully saturated rings. The van der Waals surface area contributed by atoms with E-state index >= 15 is 0 Å². The maximum Gasteiger partial charge on any atom is 0.224 e. The molecule has 104 valence electrons. The first-order valence-corrected chi connectivity index (χ1v) is 7.08. The second kappa shape index (κ2) is 5.13. The molecule has 3 heterocycles. The molecule has 1 aliphatic rings. The maximum atomic E-state index is 9.73. The molecule has 20 heavy (non-hydrogen) atoms. The number of hydrogen-bond acceptors (Lipinski definition) is 5. The van der Waals surface area contributed by atoms with Crippen LogP contribution in [0.4, 0.5) is 0 Å². The number of ether oxygens (including phenoxy) is 1. The van der Waals surface area contributed by atoms with Gasteiger partial charge < -0.3 is 9.72 Å². The van der Waals surface area contributed by atoms with Gasteiger partial charge in [0.2, 0.25) is 5.28 Å². The Labute approximate surface area is 125 Å². The first-order chi connectivity index (χ1) is 9.66. The van der Waals surface area contributed by atoms with Gasteiger partial charge >= 0.3 is 0 Å². The first-order valence-electron chi connectivity index (χ1n) is 6.29. The number of fused-ring (bicyclic) bond motifs is 1. The molecule has 1 unspecified atom stereocenters. The quantitative estimate of drug-likeness (QED) is 0.647. The van der Waals surface area contributed by atoms with E-state index in [0.717, 1.165) is 6.42 Å². The second-order valence-corrected chi connectivity index (χ2v) is 5.48. The third kappa shape index (κ3) is 2.10. The summed E-state index contributed by atoms with van der Waals surface area (Å²) in [5, 5.41) is 9.87. The van der Waals surface area contributed by atoms with Gasteiger partial charge in [-0.25, -0.2) is 4.98 Å². The van der Waals surface area contributed by atoms with E-state index in [1.807, 2.05) is 0 Å². The van der Waals surface area contributed by atoms with Gasteiger partial charge in [-0.05, 0) is 36.7 Å². The normalized spacial score (nSPS) is 23.4. The zero-order valence-electron chi connectivity index (χ0n) is 10.6. The number of H-pyrrole nitrogens is 1. The molecular weight excluding hydrogens is 298 g/mol. The molecule has 1 N–H and O–H groups in total. The molecule has 2 aromatic rings. The van der Waals surface area contributed by atoms with Crippen LogP contribution in [0.25, 0.3) is 11.2 Å². The third-order valence-corrected chi connectivity index (χ3v) is 4.04. The van der Waals surface area contributed by atoms with Gasteiger partial charge in [-0.2, -0.15) is 10.2 Å². The Kier molecular flexibility index (Phi) is 3.46. The fraction of sp³-hybridized carbons (Fsp3) is 0.500. The zero-order chi connectivity index (χ0) is 14.2. The van der Waals surface area contributed by atoms with E-state index in [2.05, 4.69) is 21.0 Å². The van der Waals surface area contributed by atoms with E-state index in [1.165, 1.54) is 0 Å². The Balaban J connectivity index is 2.26. The summed E-state index contributed by atoms with van der Waals surface area (Å²) in [5.74, 6) is 0. The predicted molar refractivity (Wildman–Crippen MR) is 76.0 cm³/mol. The molecule has 0 spiro atoms. The van der Waals surface area contributed by atoms with Crippen LogP contribution >= 0.6 is 23.8 Å². The van der Waals surface area contributed by atoms with Crippen molar-refractivity contribution in [2.45, 2.75) is 24.8 Å². The zero-order valence-corrected chi connectivity index (χ0v) is 12.2. The fourth-order valence-corrected chi connectivity index (χ4v) is 3.10. The molecule has 0 radical (unpaired) electrons. The maximum absolute atomic E-state index is 9.73. The molecule has 1 saturated heterocycles. The summed E-state index contributed by atoms with van der Waals surface area (Å²) in [5.41, 5.74) is 0.501. The topological polar surface area (TPSA) is 79.5 Å². The number of aromatic nitrogens is 4. The molecule has 0 aromatic carbocycles. The van der Waals surface area contributed by atoms with Crippen LogP contribution in [-0.2, 0) is 10.3 Å². The summed E-state index contributed by atoms with van der Waals surface area (Å²) in [6, 6.07) is 2.41. The summed E-state index contributed by atoms with van der Waals surface area (Å²) in [6.07, 6.45) is 3.63. The van der Waals surface area contributed by atoms with Crippen molar-refractivity contribution in [2.75, 3.05) is 13.2 Å². The molecule has 6 nitrogen and oxygen atoms in total. The SMILES string of the molecule is N#CC1(n2c(=S)[nH]c3cnc(Cl)nc32)CCCOCC1. The van der Waals surface area contributed by atoms with E-state index in [0.29, 0.717) is 42.0 Å². The lowest BCUT2D eigenvalue weighted by molar-refractivity contribution is 0.138. The van der Waals surface area contributed by atoms with Crippen molar-refractivity contribution in [3.63, 3.8) is 0 Å². The summed E-state index contributed by atoms with van der Waals surface area (Å²) in [6.45, 7) is 1.19. The van der Waals surface area contributed by atoms with Crippen molar-refractivity contribution in [1.29, 1.82) is 5.26 Å². The fourth-order valence-electron chi connectivity index (χ4n) is 2.60. The van der Waals surface area contributed by atoms with Crippen LogP contribution in [-0.4, -0.2) is 32.7 Å². The molecule has 2 aromatic heterocycles. The number of imidazole rings is 1. The number of nitrogens with zero attached hydrogens (tertiary/aromatic N) is 4. The minimum absolute atomic E-state index is 0.137. The third-order valence-electron chi connectivity index (χ3n) is 3.57. The van der Waals surface area contributed by atoms with Gasteiger partial charge in [0.15, 0.2) is 10.4 Å². The Bertz CT molecular complexity index is 738. The van der Waals surface area contributed by atoms with Crippen LogP contribution in [0.3, 0.4) is 0 Å². The minimum Gasteiger partial charge on any atom is -0.381 e. The van der Waals surface area contributed by atoms with Crippen molar-refractivity contribution >= 4 is 35.0 Å². The Morgan fingerprint density at radius 2 is 2.35 bits per heavy atom. The molecule has 0 saturated carbocycles. The van der Waals surface area contributed by atoms with E-state index in [9.17, 15) is 5.26 Å². The van der Waals surface area contributed by atoms with Gasteiger partial charge in [-0.15, -0.1) is 0 Å². The van der Waals surface area contributed by atoms with Gasteiger partial charge in [0.05, 0.1) is 12.3 Å². The van der Waals surface area contributed by atoms with Gasteiger partial charge in [-0.3, -0.25) is 4.57 Å². The summed E-state index contributed by atoms with van der Waals surface area (Å²) in [7, 11) is 0. The number of nitriles is 1. The van der Waals surface area contributed by atoms with Crippen molar-refractivity contribution in [1.82, 2.24) is 19.5 Å². The number of hydrogen-bond donors (Lipinski definition) is 1. The lowest BCUT2D eigenvalue weighted by atomic mass is 9.92. The molecule has 8 heteroatoms. The Hall–Kier alpha value is -1.49. The van der Waals surface area contributed by atoms with Crippen LogP contribution in [0.5, 0.6) is 0 Å². The van der Waals surface area contributed by atoms with Crippen molar-refractivity contribution in [3.05, 3.63) is 16.3 Å². The number of rotatable bonds is 1. The second-order valence-electron chi connectivity index (χ2n) is 4.75. The highest BCUT2D eigenvalue weighted by molar-refractivity contribution is 7.71. The van der Waals surface area contributed by atoms with E-state index in [1.54, 1.807) is 10.8 Å². The van der Waals surface area contributed by atoms with E-state index in [-0.39, 0.29) is 5.28 Å². The number of nitrogens with one attached hydrogen (secondary N) is 1. The Morgan fingerprint density at radius 1 is 1.50 bits per heavy atom. The van der Waals surface area contributed by atoms with Gasteiger partial charge in [-0.1, -0.05) is 0 Å². The average molecular weight is 310 g/mol. The lowest BCUT2D eigenvalue weighted by Crippen LogP contribution is -2.32. The van der Waals surface area contributed by atoms with E-state index in [4.69, 9.17) is 28.6 Å². The molecule has 3 rings (SSSR count). The molecular formula is C12H12ClN5OS. The summed E-state index contributed by atoms with van der Waals surface area (Å²) < 4.78 is 7.68. The van der Waals surface area contributed by atoms with Crippen molar-refractivity contribution < 1.29 is 4.74 Å². The van der Waals surface area contributed by atoms with Crippen LogP contribution in [0.15, 0.2) is 6.20 Å². The Morgan fingerprint density at radius 3 is 3.15 bits per heavy atom. The number of aromatic amines is 1. The lowest BCUT2D eigenvalue weighted by Gasteiger charge is -2.26. The highest BCUT2D eigenvalue weighted by Gasteiger charge is 2.36. The van der Waals surface area contributed by atoms with Gasteiger partial charge in [0.1, 0.15) is 11.1 Å². The molecule has 1 aliphatic heterocycles. The highest BCUT2D eigenvalue weighted by Crippen LogP contribution is 2.32. The van der Waals surface area contributed by atoms with Crippen LogP contribution in [0.1, 0.15) is 19.3 Å². The molecule has 1 atom stereocenters. The monoisotopic (exact) mass is 309 g/mol. The molecule has 0 bridgehead atoms. The first kappa shape index (κ1) is 13.5. The van der Waals surface area contributed by atoms with Gasteiger partial charge in [0, 0.05) is 19.6 Å². The highest BCUT2D eigenvalue weighted by atomic mass is 35.5. The van der Waals surface area contributed by atoms with Gasteiger partial charge in [0.25, 0.3) is 0 Å². The van der Waals surface area contributed by atoms with Crippen molar-refractivity contribution in [3.8, 4) is 6.07 Å².